The quantitative estimate of drug-likeness (QED) is 0.376. The first-order valence-corrected chi connectivity index (χ1v) is 9.62. The van der Waals surface area contributed by atoms with E-state index in [0.717, 1.165) is 25.1 Å². The predicted molar refractivity (Wildman–Crippen MR) is 108 cm³/mol. The number of benzene rings is 1. The molecule has 1 aliphatic heterocycles. The molecule has 1 aromatic carbocycles. The first-order valence-electron chi connectivity index (χ1n) is 7.80. The highest BCUT2D eigenvalue weighted by Gasteiger charge is 2.27. The second-order valence-corrected chi connectivity index (χ2v) is 7.98. The predicted octanol–water partition coefficient (Wildman–Crippen LogP) is 1.46. The Labute approximate surface area is 161 Å². The number of nitrogens with one attached hydrogen (secondary N) is 2. The van der Waals surface area contributed by atoms with E-state index in [1.54, 1.807) is 14.2 Å². The molecule has 2 N–H and O–H groups in total. The van der Waals surface area contributed by atoms with Crippen LogP contribution in [0.1, 0.15) is 12.0 Å². The molecule has 6 nitrogen and oxygen atoms in total. The number of ether oxygens (including phenoxy) is 1. The van der Waals surface area contributed by atoms with E-state index in [2.05, 4.69) is 15.6 Å². The molecule has 8 heteroatoms. The molecule has 136 valence electrons. The van der Waals surface area contributed by atoms with Crippen LogP contribution in [-0.2, 0) is 16.3 Å². The molecule has 0 aliphatic carbocycles. The van der Waals surface area contributed by atoms with Crippen LogP contribution < -0.4 is 15.4 Å². The second-order valence-electron chi connectivity index (χ2n) is 5.75. The lowest BCUT2D eigenvalue weighted by Gasteiger charge is -2.14. The molecule has 1 heterocycles. The minimum absolute atomic E-state index is 0. The van der Waals surface area contributed by atoms with Gasteiger partial charge >= 0.3 is 0 Å². The average molecular weight is 467 g/mol. The van der Waals surface area contributed by atoms with Gasteiger partial charge in [0.05, 0.1) is 18.6 Å². The molecule has 1 aliphatic rings. The summed E-state index contributed by atoms with van der Waals surface area (Å²) in [4.78, 5) is 4.17. The van der Waals surface area contributed by atoms with Gasteiger partial charge < -0.3 is 15.4 Å². The minimum atomic E-state index is -2.82. The van der Waals surface area contributed by atoms with Crippen LogP contribution in [0.5, 0.6) is 5.75 Å². The normalized spacial score (nSPS) is 19.4. The molecule has 0 radical (unpaired) electrons. The van der Waals surface area contributed by atoms with Crippen molar-refractivity contribution in [2.45, 2.75) is 12.8 Å². The van der Waals surface area contributed by atoms with E-state index in [4.69, 9.17) is 4.74 Å². The van der Waals surface area contributed by atoms with Crippen molar-refractivity contribution in [2.24, 2.45) is 10.9 Å². The number of hydrogen-bond donors (Lipinski definition) is 2. The van der Waals surface area contributed by atoms with Crippen molar-refractivity contribution >= 4 is 39.8 Å². The summed E-state index contributed by atoms with van der Waals surface area (Å²) in [6.45, 7) is 1.40. The number of halogens is 1. The third-order valence-corrected chi connectivity index (χ3v) is 5.81. The molecule has 1 saturated heterocycles. The Hall–Kier alpha value is -1.03. The molecule has 0 aromatic heterocycles. The van der Waals surface area contributed by atoms with Gasteiger partial charge in [0.2, 0.25) is 0 Å². The second kappa shape index (κ2) is 10.1. The molecule has 0 saturated carbocycles. The van der Waals surface area contributed by atoms with Crippen LogP contribution in [0, 0.1) is 5.92 Å². The topological polar surface area (TPSA) is 79.8 Å². The van der Waals surface area contributed by atoms with E-state index in [9.17, 15) is 8.42 Å². The van der Waals surface area contributed by atoms with Crippen LogP contribution in [-0.4, -0.2) is 53.1 Å². The van der Waals surface area contributed by atoms with E-state index in [1.165, 1.54) is 5.56 Å². The number of aliphatic imine (C=N–C) groups is 1. The SMILES string of the molecule is CN=C(NCCc1ccc(OC)cc1)NCC1CCS(=O)(=O)C1.I. The Morgan fingerprint density at radius 1 is 1.29 bits per heavy atom. The Morgan fingerprint density at radius 2 is 2.00 bits per heavy atom. The summed E-state index contributed by atoms with van der Waals surface area (Å²) in [6, 6.07) is 7.98. The number of nitrogens with zero attached hydrogens (tertiary/aromatic N) is 1. The van der Waals surface area contributed by atoms with Crippen LogP contribution in [0.2, 0.25) is 0 Å². The monoisotopic (exact) mass is 467 g/mol. The van der Waals surface area contributed by atoms with Gasteiger partial charge in [-0.25, -0.2) is 8.42 Å². The molecule has 1 aromatic rings. The summed E-state index contributed by atoms with van der Waals surface area (Å²) >= 11 is 0. The number of rotatable bonds is 6. The zero-order valence-electron chi connectivity index (χ0n) is 14.1. The van der Waals surface area contributed by atoms with Crippen molar-refractivity contribution in [2.75, 3.05) is 38.8 Å². The molecular weight excluding hydrogens is 441 g/mol. The summed E-state index contributed by atoms with van der Waals surface area (Å²) in [6.07, 6.45) is 1.61. The third kappa shape index (κ3) is 6.84. The zero-order valence-corrected chi connectivity index (χ0v) is 17.3. The summed E-state index contributed by atoms with van der Waals surface area (Å²) in [7, 11) is 0.552. The number of methoxy groups -OCH3 is 1. The lowest BCUT2D eigenvalue weighted by atomic mass is 10.1. The minimum Gasteiger partial charge on any atom is -0.497 e. The first-order chi connectivity index (χ1) is 11.0. The number of hydrogen-bond acceptors (Lipinski definition) is 4. The smallest absolute Gasteiger partial charge is 0.190 e. The maximum atomic E-state index is 11.4. The van der Waals surface area contributed by atoms with Crippen molar-refractivity contribution in [1.82, 2.24) is 10.6 Å². The number of guanidine groups is 1. The van der Waals surface area contributed by atoms with Gasteiger partial charge in [-0.1, -0.05) is 12.1 Å². The van der Waals surface area contributed by atoms with Crippen LogP contribution in [0.4, 0.5) is 0 Å². The van der Waals surface area contributed by atoms with Crippen LogP contribution in [0.15, 0.2) is 29.3 Å². The molecular formula is C16H26IN3O3S. The van der Waals surface area contributed by atoms with Crippen molar-refractivity contribution < 1.29 is 13.2 Å². The van der Waals surface area contributed by atoms with Gasteiger partial charge in [-0.15, -0.1) is 24.0 Å². The van der Waals surface area contributed by atoms with Gasteiger partial charge in [0.15, 0.2) is 15.8 Å². The average Bonchev–Trinajstić information content (AvgIpc) is 2.90. The van der Waals surface area contributed by atoms with Gasteiger partial charge in [-0.05, 0) is 36.5 Å². The Morgan fingerprint density at radius 3 is 2.54 bits per heavy atom. The summed E-state index contributed by atoms with van der Waals surface area (Å²) < 4.78 is 28.0. The Bertz CT molecular complexity index is 632. The van der Waals surface area contributed by atoms with Crippen molar-refractivity contribution in [3.05, 3.63) is 29.8 Å². The lowest BCUT2D eigenvalue weighted by molar-refractivity contribution is 0.414. The number of sulfone groups is 1. The fourth-order valence-electron chi connectivity index (χ4n) is 2.61. The lowest BCUT2D eigenvalue weighted by Crippen LogP contribution is -2.40. The highest BCUT2D eigenvalue weighted by molar-refractivity contribution is 14.0. The van der Waals surface area contributed by atoms with E-state index >= 15 is 0 Å². The molecule has 24 heavy (non-hydrogen) atoms. The third-order valence-electron chi connectivity index (χ3n) is 3.97. The largest absolute Gasteiger partial charge is 0.497 e. The fraction of sp³-hybridized carbons (Fsp3) is 0.562. The van der Waals surface area contributed by atoms with Crippen LogP contribution in [0.25, 0.3) is 0 Å². The van der Waals surface area contributed by atoms with E-state index in [0.29, 0.717) is 18.3 Å². The highest BCUT2D eigenvalue weighted by atomic mass is 127. The summed E-state index contributed by atoms with van der Waals surface area (Å²) in [5, 5.41) is 6.46. The summed E-state index contributed by atoms with van der Waals surface area (Å²) in [5.41, 5.74) is 1.22. The van der Waals surface area contributed by atoms with E-state index in [-0.39, 0.29) is 35.6 Å². The Balaban J connectivity index is 0.00000288. The van der Waals surface area contributed by atoms with Gasteiger partial charge in [0.1, 0.15) is 5.75 Å². The van der Waals surface area contributed by atoms with Gasteiger partial charge in [-0.3, -0.25) is 4.99 Å². The maximum Gasteiger partial charge on any atom is 0.190 e. The molecule has 0 spiro atoms. The van der Waals surface area contributed by atoms with Gasteiger partial charge in [0, 0.05) is 20.1 Å². The Kier molecular flexibility index (Phi) is 8.82. The first kappa shape index (κ1) is 21.0. The molecule has 0 amide bonds. The van der Waals surface area contributed by atoms with Crippen molar-refractivity contribution in [3.8, 4) is 5.75 Å². The molecule has 1 fully saturated rings. The van der Waals surface area contributed by atoms with Crippen molar-refractivity contribution in [1.29, 1.82) is 0 Å². The van der Waals surface area contributed by atoms with Gasteiger partial charge in [0.25, 0.3) is 0 Å². The van der Waals surface area contributed by atoms with Crippen LogP contribution >= 0.6 is 24.0 Å². The van der Waals surface area contributed by atoms with E-state index in [1.807, 2.05) is 24.3 Å². The summed E-state index contributed by atoms with van der Waals surface area (Å²) in [5.74, 6) is 2.33. The van der Waals surface area contributed by atoms with Crippen molar-refractivity contribution in [3.63, 3.8) is 0 Å². The van der Waals surface area contributed by atoms with E-state index < -0.39 is 9.84 Å². The van der Waals surface area contributed by atoms with Crippen LogP contribution in [0.3, 0.4) is 0 Å². The van der Waals surface area contributed by atoms with Gasteiger partial charge in [-0.2, -0.15) is 0 Å². The molecule has 0 bridgehead atoms. The molecule has 1 unspecified atom stereocenters. The zero-order chi connectivity index (χ0) is 16.7. The maximum absolute atomic E-state index is 11.4. The molecule has 1 atom stereocenters. The fourth-order valence-corrected chi connectivity index (χ4v) is 4.47. The standard InChI is InChI=1S/C16H25N3O3S.HI/c1-17-16(19-11-14-8-10-23(20,21)12-14)18-9-7-13-3-5-15(22-2)6-4-13;/h3-6,14H,7-12H2,1-2H3,(H2,17,18,19);1H. The highest BCUT2D eigenvalue weighted by Crippen LogP contribution is 2.17. The molecule has 2 rings (SSSR count).